The zero-order chi connectivity index (χ0) is 21.8. The van der Waals surface area contributed by atoms with Gasteiger partial charge in [-0.05, 0) is 36.4 Å². The van der Waals surface area contributed by atoms with Crippen molar-refractivity contribution in [2.24, 2.45) is 0 Å². The van der Waals surface area contributed by atoms with Crippen molar-refractivity contribution in [2.75, 3.05) is 53.2 Å². The molecule has 2 aromatic carbocycles. The maximum absolute atomic E-state index is 12.9. The Morgan fingerprint density at radius 2 is 1.84 bits per heavy atom. The van der Waals surface area contributed by atoms with Crippen LogP contribution in [0.1, 0.15) is 20.7 Å². The van der Waals surface area contributed by atoms with Crippen molar-refractivity contribution in [3.63, 3.8) is 0 Å². The van der Waals surface area contributed by atoms with Gasteiger partial charge >= 0.3 is 0 Å². The molecule has 2 amide bonds. The lowest BCUT2D eigenvalue weighted by atomic mass is 10.1. The van der Waals surface area contributed by atoms with Crippen LogP contribution in [-0.4, -0.2) is 74.8 Å². The molecule has 0 radical (unpaired) electrons. The molecule has 0 spiro atoms. The van der Waals surface area contributed by atoms with E-state index in [1.54, 1.807) is 41.3 Å². The molecule has 2 aromatic rings. The van der Waals surface area contributed by atoms with Gasteiger partial charge in [0.15, 0.2) is 11.5 Å². The second-order valence-corrected chi connectivity index (χ2v) is 7.74. The second-order valence-electron chi connectivity index (χ2n) is 7.30. The summed E-state index contributed by atoms with van der Waals surface area (Å²) in [6.07, 6.45) is 0. The molecule has 0 aliphatic carbocycles. The summed E-state index contributed by atoms with van der Waals surface area (Å²) >= 11 is 6.05. The molecule has 1 saturated heterocycles. The third-order valence-corrected chi connectivity index (χ3v) is 5.63. The van der Waals surface area contributed by atoms with E-state index in [4.69, 9.17) is 25.8 Å². The number of halogens is 1. The fraction of sp³-hybridized carbons (Fsp3) is 0.364. The summed E-state index contributed by atoms with van der Waals surface area (Å²) in [7, 11) is 1.54. The van der Waals surface area contributed by atoms with Gasteiger partial charge in [-0.2, -0.15) is 0 Å². The van der Waals surface area contributed by atoms with Gasteiger partial charge in [-0.3, -0.25) is 14.5 Å². The highest BCUT2D eigenvalue weighted by Gasteiger charge is 2.24. The van der Waals surface area contributed by atoms with Crippen molar-refractivity contribution in [1.82, 2.24) is 15.1 Å². The highest BCUT2D eigenvalue weighted by molar-refractivity contribution is 6.31. The van der Waals surface area contributed by atoms with Gasteiger partial charge < -0.3 is 24.4 Å². The molecule has 1 fully saturated rings. The molecule has 9 heteroatoms. The van der Waals surface area contributed by atoms with Crippen LogP contribution in [0, 0.1) is 0 Å². The molecule has 0 unspecified atom stereocenters. The maximum Gasteiger partial charge on any atom is 0.257 e. The van der Waals surface area contributed by atoms with E-state index in [0.717, 1.165) is 13.1 Å². The zero-order valence-electron chi connectivity index (χ0n) is 17.2. The summed E-state index contributed by atoms with van der Waals surface area (Å²) in [6.45, 7) is 4.07. The van der Waals surface area contributed by atoms with E-state index in [-0.39, 0.29) is 18.6 Å². The minimum absolute atomic E-state index is 0.0879. The largest absolute Gasteiger partial charge is 0.496 e. The van der Waals surface area contributed by atoms with Crippen molar-refractivity contribution in [2.45, 2.75) is 0 Å². The molecule has 2 aliphatic heterocycles. The number of ether oxygens (including phenoxy) is 3. The number of nitrogens with zero attached hydrogens (tertiary/aromatic N) is 2. The number of carbonyl (C=O) groups is 2. The summed E-state index contributed by atoms with van der Waals surface area (Å²) in [4.78, 5) is 29.3. The number of nitrogens with one attached hydrogen (secondary N) is 1. The van der Waals surface area contributed by atoms with Gasteiger partial charge in [-0.25, -0.2) is 0 Å². The van der Waals surface area contributed by atoms with Gasteiger partial charge in [0.1, 0.15) is 5.75 Å². The molecular weight excluding hydrogens is 422 g/mol. The molecule has 0 bridgehead atoms. The monoisotopic (exact) mass is 445 g/mol. The van der Waals surface area contributed by atoms with Gasteiger partial charge in [0.2, 0.25) is 6.79 Å². The molecule has 0 atom stereocenters. The first-order chi connectivity index (χ1) is 15.0. The minimum atomic E-state index is -0.153. The average Bonchev–Trinajstić information content (AvgIpc) is 3.27. The molecule has 2 aliphatic rings. The normalized spacial score (nSPS) is 15.6. The standard InChI is InChI=1S/C22H24ClN3O5/c1-29-18-5-3-16(23)13-17(18)22(28)26-10-8-25(9-11-26)7-6-24-21(27)15-2-4-19-20(12-15)31-14-30-19/h2-5,12-13H,6-11,14H2,1H3,(H,24,27). The van der Waals surface area contributed by atoms with Crippen LogP contribution < -0.4 is 19.5 Å². The Balaban J connectivity index is 1.24. The molecule has 1 N–H and O–H groups in total. The Bertz CT molecular complexity index is 976. The number of hydrogen-bond acceptors (Lipinski definition) is 6. The van der Waals surface area contributed by atoms with Crippen molar-refractivity contribution in [3.8, 4) is 17.2 Å². The Labute approximate surface area is 185 Å². The number of piperazine rings is 1. The molecular formula is C22H24ClN3O5. The van der Waals surface area contributed by atoms with Crippen LogP contribution in [-0.2, 0) is 0 Å². The van der Waals surface area contributed by atoms with Crippen molar-refractivity contribution in [3.05, 3.63) is 52.5 Å². The summed E-state index contributed by atoms with van der Waals surface area (Å²) < 4.78 is 15.9. The van der Waals surface area contributed by atoms with Crippen molar-refractivity contribution >= 4 is 23.4 Å². The number of fused-ring (bicyclic) bond motifs is 1. The molecule has 164 valence electrons. The van der Waals surface area contributed by atoms with Crippen LogP contribution in [0.15, 0.2) is 36.4 Å². The lowest BCUT2D eigenvalue weighted by Gasteiger charge is -2.35. The maximum atomic E-state index is 12.9. The highest BCUT2D eigenvalue weighted by Crippen LogP contribution is 2.32. The third kappa shape index (κ3) is 4.86. The van der Waals surface area contributed by atoms with Crippen LogP contribution >= 0.6 is 11.6 Å². The molecule has 0 aromatic heterocycles. The molecule has 8 nitrogen and oxygen atoms in total. The molecule has 2 heterocycles. The first-order valence-electron chi connectivity index (χ1n) is 10.1. The molecule has 0 saturated carbocycles. The number of rotatable bonds is 6. The number of hydrogen-bond donors (Lipinski definition) is 1. The topological polar surface area (TPSA) is 80.3 Å². The predicted molar refractivity (Wildman–Crippen MR) is 115 cm³/mol. The van der Waals surface area contributed by atoms with E-state index in [0.29, 0.717) is 59.6 Å². The van der Waals surface area contributed by atoms with E-state index < -0.39 is 0 Å². The van der Waals surface area contributed by atoms with Crippen LogP contribution in [0.5, 0.6) is 17.2 Å². The smallest absolute Gasteiger partial charge is 0.257 e. The number of amides is 2. The van der Waals surface area contributed by atoms with Crippen molar-refractivity contribution < 1.29 is 23.8 Å². The lowest BCUT2D eigenvalue weighted by Crippen LogP contribution is -2.50. The van der Waals surface area contributed by atoms with Crippen molar-refractivity contribution in [1.29, 1.82) is 0 Å². The lowest BCUT2D eigenvalue weighted by molar-refractivity contribution is 0.0635. The molecule has 31 heavy (non-hydrogen) atoms. The van der Waals surface area contributed by atoms with E-state index in [2.05, 4.69) is 10.2 Å². The van der Waals surface area contributed by atoms with Gasteiger partial charge in [-0.1, -0.05) is 11.6 Å². The average molecular weight is 446 g/mol. The zero-order valence-corrected chi connectivity index (χ0v) is 18.0. The van der Waals surface area contributed by atoms with Crippen LogP contribution in [0.3, 0.4) is 0 Å². The first kappa shape index (κ1) is 21.3. The quantitative estimate of drug-likeness (QED) is 0.734. The Morgan fingerprint density at radius 1 is 1.06 bits per heavy atom. The summed E-state index contributed by atoms with van der Waals surface area (Å²) in [5.74, 6) is 1.52. The minimum Gasteiger partial charge on any atom is -0.496 e. The van der Waals surface area contributed by atoms with Gasteiger partial charge in [0.05, 0.1) is 12.7 Å². The Kier molecular flexibility index (Phi) is 6.48. The van der Waals surface area contributed by atoms with E-state index >= 15 is 0 Å². The highest BCUT2D eigenvalue weighted by atomic mass is 35.5. The van der Waals surface area contributed by atoms with E-state index in [1.165, 1.54) is 7.11 Å². The first-order valence-corrected chi connectivity index (χ1v) is 10.5. The fourth-order valence-corrected chi connectivity index (χ4v) is 3.83. The molecule has 4 rings (SSSR count). The van der Waals surface area contributed by atoms with E-state index in [9.17, 15) is 9.59 Å². The fourth-order valence-electron chi connectivity index (χ4n) is 3.66. The Morgan fingerprint density at radius 3 is 2.61 bits per heavy atom. The number of carbonyl (C=O) groups excluding carboxylic acids is 2. The van der Waals surface area contributed by atoms with Gasteiger partial charge in [-0.15, -0.1) is 0 Å². The third-order valence-electron chi connectivity index (χ3n) is 5.40. The summed E-state index contributed by atoms with van der Waals surface area (Å²) in [5, 5.41) is 3.43. The summed E-state index contributed by atoms with van der Waals surface area (Å²) in [6, 6.07) is 10.2. The number of benzene rings is 2. The van der Waals surface area contributed by atoms with Crippen LogP contribution in [0.2, 0.25) is 5.02 Å². The summed E-state index contributed by atoms with van der Waals surface area (Å²) in [5.41, 5.74) is 1.01. The second kappa shape index (κ2) is 9.45. The Hall–Kier alpha value is -2.97. The van der Waals surface area contributed by atoms with E-state index in [1.807, 2.05) is 0 Å². The predicted octanol–water partition coefficient (Wildman–Crippen LogP) is 2.27. The van der Waals surface area contributed by atoms with Gasteiger partial charge in [0, 0.05) is 49.9 Å². The van der Waals surface area contributed by atoms with Gasteiger partial charge in [0.25, 0.3) is 11.8 Å². The number of methoxy groups -OCH3 is 1. The SMILES string of the molecule is COc1ccc(Cl)cc1C(=O)N1CCN(CCNC(=O)c2ccc3c(c2)OCO3)CC1. The van der Waals surface area contributed by atoms with Crippen LogP contribution in [0.25, 0.3) is 0 Å². The van der Waals surface area contributed by atoms with Crippen LogP contribution in [0.4, 0.5) is 0 Å².